The van der Waals surface area contributed by atoms with Gasteiger partial charge < -0.3 is 5.32 Å². The van der Waals surface area contributed by atoms with Crippen LogP contribution in [0.2, 0.25) is 0 Å². The van der Waals surface area contributed by atoms with Crippen LogP contribution >= 0.6 is 11.3 Å². The maximum absolute atomic E-state index is 12.4. The van der Waals surface area contributed by atoms with Gasteiger partial charge in [-0.15, -0.1) is 21.5 Å². The van der Waals surface area contributed by atoms with Crippen LogP contribution in [0.1, 0.15) is 34.9 Å². The van der Waals surface area contributed by atoms with Crippen molar-refractivity contribution in [1.82, 2.24) is 25.1 Å². The molecule has 0 unspecified atom stereocenters. The van der Waals surface area contributed by atoms with Gasteiger partial charge in [-0.25, -0.2) is 4.98 Å². The molecule has 1 fully saturated rings. The summed E-state index contributed by atoms with van der Waals surface area (Å²) in [6, 6.07) is 19.6. The molecule has 6 nitrogen and oxygen atoms in total. The van der Waals surface area contributed by atoms with E-state index in [0.717, 1.165) is 35.2 Å². The van der Waals surface area contributed by atoms with E-state index in [1.165, 1.54) is 0 Å². The number of aromatic nitrogens is 4. The summed E-state index contributed by atoms with van der Waals surface area (Å²) >= 11 is 1.55. The number of rotatable bonds is 5. The van der Waals surface area contributed by atoms with Gasteiger partial charge in [-0.05, 0) is 37.1 Å². The van der Waals surface area contributed by atoms with Crippen molar-refractivity contribution in [3.8, 4) is 16.5 Å². The van der Waals surface area contributed by atoms with Gasteiger partial charge in [0.2, 0.25) is 0 Å². The van der Waals surface area contributed by atoms with Crippen LogP contribution < -0.4 is 5.32 Å². The molecule has 4 aromatic rings. The van der Waals surface area contributed by atoms with Crippen LogP contribution in [0.5, 0.6) is 0 Å². The Morgan fingerprint density at radius 1 is 1.00 bits per heavy atom. The number of benzene rings is 2. The lowest BCUT2D eigenvalue weighted by Crippen LogP contribution is -2.44. The summed E-state index contributed by atoms with van der Waals surface area (Å²) in [5.41, 5.74) is 1.71. The Labute approximate surface area is 172 Å². The summed E-state index contributed by atoms with van der Waals surface area (Å²) in [5, 5.41) is 14.9. The van der Waals surface area contributed by atoms with E-state index in [2.05, 4.69) is 37.2 Å². The summed E-state index contributed by atoms with van der Waals surface area (Å²) in [6.45, 7) is 0. The highest BCUT2D eigenvalue weighted by Crippen LogP contribution is 2.38. The van der Waals surface area contributed by atoms with Crippen LogP contribution in [0, 0.1) is 0 Å². The molecule has 2 aromatic heterocycles. The Morgan fingerprint density at radius 3 is 2.41 bits per heavy atom. The maximum atomic E-state index is 12.4. The molecule has 1 amide bonds. The Morgan fingerprint density at radius 2 is 1.72 bits per heavy atom. The standard InChI is InChI=1S/C22H19N5OS/c28-21(15-7-3-1-4-8-15)24-17-13-16(14-17)19-25-26-20(22-23-11-12-29-22)27(19)18-9-5-2-6-10-18/h1-12,16-17H,13-14H2,(H,24,28)/t16-,17-. The van der Waals surface area contributed by atoms with Gasteiger partial charge in [0.15, 0.2) is 10.8 Å². The number of thiazole rings is 1. The molecule has 1 aliphatic rings. The lowest BCUT2D eigenvalue weighted by molar-refractivity contribution is 0.0907. The zero-order chi connectivity index (χ0) is 19.6. The van der Waals surface area contributed by atoms with E-state index in [1.54, 1.807) is 17.5 Å². The second kappa shape index (κ2) is 7.60. The van der Waals surface area contributed by atoms with E-state index in [-0.39, 0.29) is 17.9 Å². The van der Waals surface area contributed by atoms with E-state index < -0.39 is 0 Å². The highest BCUT2D eigenvalue weighted by Gasteiger charge is 2.36. The van der Waals surface area contributed by atoms with E-state index >= 15 is 0 Å². The van der Waals surface area contributed by atoms with Crippen LogP contribution in [-0.2, 0) is 0 Å². The number of amides is 1. The van der Waals surface area contributed by atoms with Gasteiger partial charge in [-0.2, -0.15) is 0 Å². The molecular weight excluding hydrogens is 382 g/mol. The summed E-state index contributed by atoms with van der Waals surface area (Å²) in [4.78, 5) is 16.8. The number of hydrogen-bond acceptors (Lipinski definition) is 5. The van der Waals surface area contributed by atoms with Gasteiger partial charge in [0.1, 0.15) is 5.82 Å². The minimum atomic E-state index is -0.0259. The third kappa shape index (κ3) is 3.45. The van der Waals surface area contributed by atoms with Crippen molar-refractivity contribution in [2.45, 2.75) is 24.8 Å². The Bertz CT molecular complexity index is 1100. The number of hydrogen-bond donors (Lipinski definition) is 1. The fourth-order valence-corrected chi connectivity index (χ4v) is 4.28. The van der Waals surface area contributed by atoms with E-state index in [1.807, 2.05) is 53.9 Å². The van der Waals surface area contributed by atoms with Crippen LogP contribution in [0.3, 0.4) is 0 Å². The first kappa shape index (κ1) is 17.8. The molecule has 144 valence electrons. The maximum Gasteiger partial charge on any atom is 0.251 e. The Balaban J connectivity index is 1.37. The van der Waals surface area contributed by atoms with Crippen molar-refractivity contribution in [2.24, 2.45) is 0 Å². The first-order valence-corrected chi connectivity index (χ1v) is 10.4. The molecular formula is C22H19N5OS. The topological polar surface area (TPSA) is 72.7 Å². The predicted octanol–water partition coefficient (Wildman–Crippen LogP) is 4.07. The van der Waals surface area contributed by atoms with Crippen molar-refractivity contribution >= 4 is 17.2 Å². The first-order chi connectivity index (χ1) is 14.3. The Kier molecular flexibility index (Phi) is 4.65. The summed E-state index contributed by atoms with van der Waals surface area (Å²) in [7, 11) is 0. The third-order valence-corrected chi connectivity index (χ3v) is 5.97. The minimum Gasteiger partial charge on any atom is -0.349 e. The van der Waals surface area contributed by atoms with E-state index in [9.17, 15) is 4.79 Å². The van der Waals surface area contributed by atoms with Crippen molar-refractivity contribution in [3.05, 3.63) is 83.6 Å². The van der Waals surface area contributed by atoms with E-state index in [0.29, 0.717) is 5.56 Å². The molecule has 0 spiro atoms. The molecule has 7 heteroatoms. The normalized spacial score (nSPS) is 18.2. The molecule has 1 saturated carbocycles. The van der Waals surface area contributed by atoms with Crippen molar-refractivity contribution in [3.63, 3.8) is 0 Å². The lowest BCUT2D eigenvalue weighted by Gasteiger charge is -2.35. The average molecular weight is 401 g/mol. The minimum absolute atomic E-state index is 0.0259. The third-order valence-electron chi connectivity index (χ3n) is 5.20. The number of para-hydroxylation sites is 1. The molecule has 0 aliphatic heterocycles. The SMILES string of the molecule is O=C(N[C@H]1C[C@H](c2nnc(-c3nccs3)n2-c2ccccc2)C1)c1ccccc1. The molecule has 1 N–H and O–H groups in total. The second-order valence-corrected chi connectivity index (χ2v) is 7.99. The lowest BCUT2D eigenvalue weighted by atomic mass is 9.79. The summed E-state index contributed by atoms with van der Waals surface area (Å²) < 4.78 is 2.10. The predicted molar refractivity (Wildman–Crippen MR) is 112 cm³/mol. The number of nitrogens with zero attached hydrogens (tertiary/aromatic N) is 4. The smallest absolute Gasteiger partial charge is 0.251 e. The van der Waals surface area contributed by atoms with Crippen LogP contribution in [-0.4, -0.2) is 31.7 Å². The van der Waals surface area contributed by atoms with Gasteiger partial charge in [0, 0.05) is 34.8 Å². The summed E-state index contributed by atoms with van der Waals surface area (Å²) in [5.74, 6) is 1.91. The largest absolute Gasteiger partial charge is 0.349 e. The Hall–Kier alpha value is -3.32. The average Bonchev–Trinajstić information content (AvgIpc) is 3.41. The number of carbonyl (C=O) groups is 1. The highest BCUT2D eigenvalue weighted by atomic mass is 32.1. The molecule has 0 bridgehead atoms. The molecule has 0 radical (unpaired) electrons. The molecule has 5 rings (SSSR count). The molecule has 2 aromatic carbocycles. The van der Waals surface area contributed by atoms with Gasteiger partial charge in [0.05, 0.1) is 0 Å². The molecule has 1 aliphatic carbocycles. The zero-order valence-corrected chi connectivity index (χ0v) is 16.4. The molecule has 0 saturated heterocycles. The van der Waals surface area contributed by atoms with Gasteiger partial charge in [-0.3, -0.25) is 9.36 Å². The van der Waals surface area contributed by atoms with Crippen molar-refractivity contribution in [2.75, 3.05) is 0 Å². The molecule has 2 heterocycles. The first-order valence-electron chi connectivity index (χ1n) is 9.56. The van der Waals surface area contributed by atoms with Crippen molar-refractivity contribution < 1.29 is 4.79 Å². The highest BCUT2D eigenvalue weighted by molar-refractivity contribution is 7.13. The molecule has 29 heavy (non-hydrogen) atoms. The fourth-order valence-electron chi connectivity index (χ4n) is 3.67. The number of nitrogens with one attached hydrogen (secondary N) is 1. The van der Waals surface area contributed by atoms with Gasteiger partial charge in [0.25, 0.3) is 5.91 Å². The quantitative estimate of drug-likeness (QED) is 0.547. The van der Waals surface area contributed by atoms with Crippen LogP contribution in [0.15, 0.2) is 72.2 Å². The van der Waals surface area contributed by atoms with Gasteiger partial charge in [-0.1, -0.05) is 36.4 Å². The van der Waals surface area contributed by atoms with Crippen molar-refractivity contribution in [1.29, 1.82) is 0 Å². The molecule has 0 atom stereocenters. The van der Waals surface area contributed by atoms with Gasteiger partial charge >= 0.3 is 0 Å². The van der Waals surface area contributed by atoms with Crippen LogP contribution in [0.4, 0.5) is 0 Å². The van der Waals surface area contributed by atoms with E-state index in [4.69, 9.17) is 0 Å². The number of carbonyl (C=O) groups excluding carboxylic acids is 1. The fraction of sp³-hybridized carbons (Fsp3) is 0.182. The summed E-state index contributed by atoms with van der Waals surface area (Å²) in [6.07, 6.45) is 3.48. The monoisotopic (exact) mass is 401 g/mol. The zero-order valence-electron chi connectivity index (χ0n) is 15.6. The second-order valence-electron chi connectivity index (χ2n) is 7.09. The van der Waals surface area contributed by atoms with Crippen LogP contribution in [0.25, 0.3) is 16.5 Å².